The van der Waals surface area contributed by atoms with E-state index >= 15 is 0 Å². The van der Waals surface area contributed by atoms with Gasteiger partial charge in [-0.05, 0) is 53.9 Å². The monoisotopic (exact) mass is 352 g/mol. The van der Waals surface area contributed by atoms with Gasteiger partial charge < -0.3 is 5.32 Å². The van der Waals surface area contributed by atoms with Gasteiger partial charge in [0.1, 0.15) is 0 Å². The standard InChI is InChI=1S/C22H16N4O/c1-14-5-2-3-8-18(14)16-9-10-19-20(12-16)25-26-21(19)24-22(27)17-7-4-6-15(11-17)13-23/h2-12H,1H3,(H2,24,25,26,27). The van der Waals surface area contributed by atoms with Crippen molar-refractivity contribution < 1.29 is 4.79 Å². The lowest BCUT2D eigenvalue weighted by Gasteiger charge is -2.06. The molecule has 5 nitrogen and oxygen atoms in total. The molecule has 0 saturated heterocycles. The summed E-state index contributed by atoms with van der Waals surface area (Å²) in [5.41, 5.74) is 5.15. The summed E-state index contributed by atoms with van der Waals surface area (Å²) in [4.78, 5) is 12.5. The molecule has 0 aliphatic carbocycles. The minimum atomic E-state index is -0.302. The van der Waals surface area contributed by atoms with Crippen LogP contribution in [0.15, 0.2) is 66.7 Å². The maximum Gasteiger partial charge on any atom is 0.256 e. The van der Waals surface area contributed by atoms with E-state index in [1.807, 2.05) is 36.4 Å². The summed E-state index contributed by atoms with van der Waals surface area (Å²) >= 11 is 0. The summed E-state index contributed by atoms with van der Waals surface area (Å²) in [6.45, 7) is 2.08. The number of nitrogens with zero attached hydrogens (tertiary/aromatic N) is 2. The summed E-state index contributed by atoms with van der Waals surface area (Å²) in [6, 6.07) is 22.8. The zero-order valence-electron chi connectivity index (χ0n) is 14.7. The van der Waals surface area contributed by atoms with Gasteiger partial charge in [-0.2, -0.15) is 10.4 Å². The molecule has 0 saturated carbocycles. The zero-order valence-corrected chi connectivity index (χ0v) is 14.7. The molecule has 5 heteroatoms. The van der Waals surface area contributed by atoms with Gasteiger partial charge in [-0.15, -0.1) is 0 Å². The molecule has 0 bridgehead atoms. The first-order valence-electron chi connectivity index (χ1n) is 8.51. The average molecular weight is 352 g/mol. The molecule has 27 heavy (non-hydrogen) atoms. The molecule has 2 N–H and O–H groups in total. The fraction of sp³-hybridized carbons (Fsp3) is 0.0455. The lowest BCUT2D eigenvalue weighted by Crippen LogP contribution is -2.12. The summed E-state index contributed by atoms with van der Waals surface area (Å²) in [5, 5.41) is 19.8. The van der Waals surface area contributed by atoms with Gasteiger partial charge in [0.05, 0.1) is 17.1 Å². The maximum absolute atomic E-state index is 12.5. The smallest absolute Gasteiger partial charge is 0.256 e. The number of fused-ring (bicyclic) bond motifs is 1. The van der Waals surface area contributed by atoms with E-state index in [-0.39, 0.29) is 5.91 Å². The Morgan fingerprint density at radius 3 is 2.74 bits per heavy atom. The number of rotatable bonds is 3. The summed E-state index contributed by atoms with van der Waals surface area (Å²) in [6.07, 6.45) is 0. The third-order valence-electron chi connectivity index (χ3n) is 4.50. The molecule has 1 amide bonds. The zero-order chi connectivity index (χ0) is 18.8. The van der Waals surface area contributed by atoms with Gasteiger partial charge in [-0.1, -0.05) is 36.4 Å². The third-order valence-corrected chi connectivity index (χ3v) is 4.50. The Balaban J connectivity index is 1.65. The number of nitriles is 1. The van der Waals surface area contributed by atoms with Crippen molar-refractivity contribution in [2.45, 2.75) is 6.92 Å². The Morgan fingerprint density at radius 1 is 1.07 bits per heavy atom. The van der Waals surface area contributed by atoms with Gasteiger partial charge in [-0.3, -0.25) is 9.89 Å². The van der Waals surface area contributed by atoms with Crippen LogP contribution in [0.2, 0.25) is 0 Å². The minimum absolute atomic E-state index is 0.302. The van der Waals surface area contributed by atoms with Crippen LogP contribution < -0.4 is 5.32 Å². The van der Waals surface area contributed by atoms with Gasteiger partial charge in [0.2, 0.25) is 0 Å². The molecule has 0 atom stereocenters. The van der Waals surface area contributed by atoms with Crippen molar-refractivity contribution >= 4 is 22.6 Å². The minimum Gasteiger partial charge on any atom is -0.305 e. The lowest BCUT2D eigenvalue weighted by molar-refractivity contribution is 0.102. The van der Waals surface area contributed by atoms with Crippen LogP contribution in [0.1, 0.15) is 21.5 Å². The van der Waals surface area contributed by atoms with E-state index in [1.54, 1.807) is 24.3 Å². The van der Waals surface area contributed by atoms with Crippen LogP contribution in [0.3, 0.4) is 0 Å². The second-order valence-corrected chi connectivity index (χ2v) is 6.29. The quantitative estimate of drug-likeness (QED) is 0.562. The van der Waals surface area contributed by atoms with Gasteiger partial charge in [0.15, 0.2) is 5.82 Å². The fourth-order valence-electron chi connectivity index (χ4n) is 3.09. The van der Waals surface area contributed by atoms with Crippen LogP contribution in [-0.4, -0.2) is 16.1 Å². The number of aromatic amines is 1. The van der Waals surface area contributed by atoms with Gasteiger partial charge >= 0.3 is 0 Å². The molecule has 4 aromatic rings. The van der Waals surface area contributed by atoms with Crippen molar-refractivity contribution in [1.82, 2.24) is 10.2 Å². The maximum atomic E-state index is 12.5. The number of H-pyrrole nitrogens is 1. The first kappa shape index (κ1) is 16.6. The Morgan fingerprint density at radius 2 is 1.93 bits per heavy atom. The molecule has 3 aromatic carbocycles. The number of amides is 1. The topological polar surface area (TPSA) is 81.6 Å². The van der Waals surface area contributed by atoms with E-state index in [9.17, 15) is 4.79 Å². The molecular weight excluding hydrogens is 336 g/mol. The molecule has 0 unspecified atom stereocenters. The SMILES string of the molecule is Cc1ccccc1-c1ccc2c(NC(=O)c3cccc(C#N)c3)n[nH]c2c1. The first-order valence-corrected chi connectivity index (χ1v) is 8.51. The van der Waals surface area contributed by atoms with E-state index in [4.69, 9.17) is 5.26 Å². The van der Waals surface area contributed by atoms with Crippen LogP contribution in [0.25, 0.3) is 22.0 Å². The average Bonchev–Trinajstić information content (AvgIpc) is 3.10. The Labute approximate surface area is 156 Å². The number of carbonyl (C=O) groups is 1. The number of hydrogen-bond donors (Lipinski definition) is 2. The number of aromatic nitrogens is 2. The van der Waals surface area contributed by atoms with Crippen molar-refractivity contribution in [3.63, 3.8) is 0 Å². The second kappa shape index (κ2) is 6.77. The second-order valence-electron chi connectivity index (χ2n) is 6.29. The molecule has 1 heterocycles. The highest BCUT2D eigenvalue weighted by atomic mass is 16.1. The Bertz CT molecular complexity index is 1200. The lowest BCUT2D eigenvalue weighted by atomic mass is 10.00. The summed E-state index contributed by atoms with van der Waals surface area (Å²) in [5.74, 6) is 0.164. The van der Waals surface area contributed by atoms with Crippen molar-refractivity contribution in [3.05, 3.63) is 83.4 Å². The van der Waals surface area contributed by atoms with Gasteiger partial charge in [0, 0.05) is 10.9 Å². The van der Waals surface area contributed by atoms with Crippen LogP contribution in [0, 0.1) is 18.3 Å². The molecule has 0 radical (unpaired) electrons. The van der Waals surface area contributed by atoms with Crippen LogP contribution in [0.4, 0.5) is 5.82 Å². The molecule has 4 rings (SSSR count). The summed E-state index contributed by atoms with van der Waals surface area (Å²) < 4.78 is 0. The van der Waals surface area contributed by atoms with E-state index in [1.165, 1.54) is 5.56 Å². The molecule has 130 valence electrons. The molecule has 0 aliphatic rings. The first-order chi connectivity index (χ1) is 13.2. The number of benzene rings is 3. The largest absolute Gasteiger partial charge is 0.305 e. The van der Waals surface area contributed by atoms with Crippen molar-refractivity contribution in [2.24, 2.45) is 0 Å². The van der Waals surface area contributed by atoms with Crippen molar-refractivity contribution in [3.8, 4) is 17.2 Å². The van der Waals surface area contributed by atoms with Crippen LogP contribution >= 0.6 is 0 Å². The summed E-state index contributed by atoms with van der Waals surface area (Å²) in [7, 11) is 0. The van der Waals surface area contributed by atoms with E-state index < -0.39 is 0 Å². The number of aryl methyl sites for hydroxylation is 1. The molecule has 1 aromatic heterocycles. The predicted octanol–water partition coefficient (Wildman–Crippen LogP) is 4.66. The third kappa shape index (κ3) is 3.16. The number of hydrogen-bond acceptors (Lipinski definition) is 3. The number of anilines is 1. The van der Waals surface area contributed by atoms with Crippen LogP contribution in [-0.2, 0) is 0 Å². The molecule has 0 aliphatic heterocycles. The normalized spacial score (nSPS) is 10.5. The molecular formula is C22H16N4O. The van der Waals surface area contributed by atoms with E-state index in [0.717, 1.165) is 22.0 Å². The highest BCUT2D eigenvalue weighted by Gasteiger charge is 2.13. The van der Waals surface area contributed by atoms with Gasteiger partial charge in [0.25, 0.3) is 5.91 Å². The Hall–Kier alpha value is -3.91. The highest BCUT2D eigenvalue weighted by molar-refractivity contribution is 6.08. The van der Waals surface area contributed by atoms with Crippen molar-refractivity contribution in [1.29, 1.82) is 5.26 Å². The highest BCUT2D eigenvalue weighted by Crippen LogP contribution is 2.29. The molecule has 0 spiro atoms. The predicted molar refractivity (Wildman–Crippen MR) is 105 cm³/mol. The number of carbonyl (C=O) groups excluding carboxylic acids is 1. The fourth-order valence-corrected chi connectivity index (χ4v) is 3.09. The number of nitrogens with one attached hydrogen (secondary N) is 2. The Kier molecular flexibility index (Phi) is 4.15. The van der Waals surface area contributed by atoms with Crippen molar-refractivity contribution in [2.75, 3.05) is 5.32 Å². The molecule has 0 fully saturated rings. The van der Waals surface area contributed by atoms with E-state index in [0.29, 0.717) is 16.9 Å². The van der Waals surface area contributed by atoms with Crippen LogP contribution in [0.5, 0.6) is 0 Å². The van der Waals surface area contributed by atoms with Gasteiger partial charge in [-0.25, -0.2) is 0 Å². The van der Waals surface area contributed by atoms with E-state index in [2.05, 4.69) is 34.6 Å².